The number of likely N-dealkylation sites (tertiary alicyclic amines) is 1. The molecule has 0 spiro atoms. The van der Waals surface area contributed by atoms with Crippen LogP contribution in [0.25, 0.3) is 0 Å². The third-order valence-electron chi connectivity index (χ3n) is 3.53. The van der Waals surface area contributed by atoms with Crippen LogP contribution in [0.4, 0.5) is 0 Å². The van der Waals surface area contributed by atoms with Gasteiger partial charge in [0.2, 0.25) is 0 Å². The van der Waals surface area contributed by atoms with Crippen molar-refractivity contribution in [2.45, 2.75) is 32.3 Å². The van der Waals surface area contributed by atoms with E-state index in [1.165, 1.54) is 6.42 Å². The summed E-state index contributed by atoms with van der Waals surface area (Å²) in [6, 6.07) is 0. The molecule has 0 saturated carbocycles. The number of halogens is 1. The highest BCUT2D eigenvalue weighted by atomic mass is 35.5. The molecule has 17 heavy (non-hydrogen) atoms. The Morgan fingerprint density at radius 2 is 2.18 bits per heavy atom. The van der Waals surface area contributed by atoms with E-state index in [0.717, 1.165) is 38.4 Å². The van der Waals surface area contributed by atoms with Crippen molar-refractivity contribution in [3.05, 3.63) is 0 Å². The highest BCUT2D eigenvalue weighted by Crippen LogP contribution is 2.17. The summed E-state index contributed by atoms with van der Waals surface area (Å²) in [5.41, 5.74) is 0. The first-order valence-electron chi connectivity index (χ1n) is 6.38. The molecule has 0 aromatic carbocycles. The quantitative estimate of drug-likeness (QED) is 0.768. The Balaban J connectivity index is 0.00000144. The Morgan fingerprint density at radius 3 is 2.88 bits per heavy atom. The summed E-state index contributed by atoms with van der Waals surface area (Å²) in [7, 11) is 0. The number of ether oxygens (including phenoxy) is 1. The highest BCUT2D eigenvalue weighted by Gasteiger charge is 2.27. The van der Waals surface area contributed by atoms with E-state index in [1.807, 2.05) is 4.90 Å². The molecule has 0 aromatic rings. The van der Waals surface area contributed by atoms with E-state index in [0.29, 0.717) is 13.2 Å². The molecule has 2 atom stereocenters. The molecular formula is C12H23ClN2O2. The molecule has 5 heteroatoms. The Hall–Kier alpha value is -0.320. The summed E-state index contributed by atoms with van der Waals surface area (Å²) in [4.78, 5) is 14.2. The fourth-order valence-electron chi connectivity index (χ4n) is 2.41. The summed E-state index contributed by atoms with van der Waals surface area (Å²) in [5, 5.41) is 3.21. The molecule has 0 radical (unpaired) electrons. The minimum Gasteiger partial charge on any atom is -0.366 e. The summed E-state index contributed by atoms with van der Waals surface area (Å²) in [6.07, 6.45) is 3.26. The van der Waals surface area contributed by atoms with Crippen molar-refractivity contribution in [1.29, 1.82) is 0 Å². The molecule has 1 amide bonds. The molecule has 100 valence electrons. The van der Waals surface area contributed by atoms with Gasteiger partial charge in [0.05, 0.1) is 6.61 Å². The van der Waals surface area contributed by atoms with Gasteiger partial charge in [0.1, 0.15) is 6.10 Å². The number of nitrogens with zero attached hydrogens (tertiary/aromatic N) is 1. The summed E-state index contributed by atoms with van der Waals surface area (Å²) in [6.45, 7) is 6.27. The summed E-state index contributed by atoms with van der Waals surface area (Å²) < 4.78 is 5.51. The Labute approximate surface area is 109 Å². The van der Waals surface area contributed by atoms with Crippen LogP contribution in [0.2, 0.25) is 0 Å². The standard InChI is InChI=1S/C12H22N2O2.ClH/c1-10-3-2-6-14(7-4-10)12(15)11-9-13-5-8-16-11;/h10-11,13H,2-9H2,1H3;1H. The van der Waals surface area contributed by atoms with Gasteiger partial charge < -0.3 is 15.0 Å². The number of hydrogen-bond acceptors (Lipinski definition) is 3. The average molecular weight is 263 g/mol. The van der Waals surface area contributed by atoms with Crippen LogP contribution in [0, 0.1) is 5.92 Å². The second-order valence-electron chi connectivity index (χ2n) is 4.92. The lowest BCUT2D eigenvalue weighted by molar-refractivity contribution is -0.145. The molecule has 0 aliphatic carbocycles. The number of amides is 1. The maximum atomic E-state index is 12.2. The number of carbonyl (C=O) groups is 1. The van der Waals surface area contributed by atoms with E-state index < -0.39 is 0 Å². The van der Waals surface area contributed by atoms with Gasteiger partial charge in [0, 0.05) is 26.2 Å². The summed E-state index contributed by atoms with van der Waals surface area (Å²) >= 11 is 0. The van der Waals surface area contributed by atoms with Crippen LogP contribution in [-0.2, 0) is 9.53 Å². The zero-order valence-electron chi connectivity index (χ0n) is 10.5. The molecule has 2 unspecified atom stereocenters. The molecule has 0 aromatic heterocycles. The van der Waals surface area contributed by atoms with E-state index in [9.17, 15) is 4.79 Å². The maximum absolute atomic E-state index is 12.2. The van der Waals surface area contributed by atoms with Gasteiger partial charge in [0.25, 0.3) is 5.91 Å². The molecule has 2 fully saturated rings. The van der Waals surface area contributed by atoms with Crippen LogP contribution in [-0.4, -0.2) is 49.7 Å². The van der Waals surface area contributed by atoms with Gasteiger partial charge >= 0.3 is 0 Å². The number of hydrogen-bond donors (Lipinski definition) is 1. The number of nitrogens with one attached hydrogen (secondary N) is 1. The van der Waals surface area contributed by atoms with Gasteiger partial charge in [-0.05, 0) is 25.2 Å². The fourth-order valence-corrected chi connectivity index (χ4v) is 2.41. The van der Waals surface area contributed by atoms with Crippen LogP contribution in [0.3, 0.4) is 0 Å². The predicted molar refractivity (Wildman–Crippen MR) is 69.5 cm³/mol. The number of morpholine rings is 1. The van der Waals surface area contributed by atoms with E-state index in [1.54, 1.807) is 0 Å². The van der Waals surface area contributed by atoms with Crippen molar-refractivity contribution in [3.8, 4) is 0 Å². The lowest BCUT2D eigenvalue weighted by Gasteiger charge is -2.29. The molecular weight excluding hydrogens is 240 g/mol. The first-order valence-corrected chi connectivity index (χ1v) is 6.38. The SMILES string of the molecule is CC1CCCN(C(=O)C2CNCCO2)CC1.Cl. The van der Waals surface area contributed by atoms with Crippen molar-refractivity contribution in [3.63, 3.8) is 0 Å². The molecule has 0 bridgehead atoms. The molecule has 2 aliphatic heterocycles. The van der Waals surface area contributed by atoms with Gasteiger partial charge in [-0.2, -0.15) is 0 Å². The second-order valence-corrected chi connectivity index (χ2v) is 4.92. The van der Waals surface area contributed by atoms with E-state index >= 15 is 0 Å². The van der Waals surface area contributed by atoms with Crippen LogP contribution in [0.15, 0.2) is 0 Å². The van der Waals surface area contributed by atoms with Crippen LogP contribution >= 0.6 is 12.4 Å². The van der Waals surface area contributed by atoms with E-state index in [4.69, 9.17) is 4.74 Å². The lowest BCUT2D eigenvalue weighted by Crippen LogP contribution is -2.49. The van der Waals surface area contributed by atoms with Crippen LogP contribution < -0.4 is 5.32 Å². The largest absolute Gasteiger partial charge is 0.366 e. The van der Waals surface area contributed by atoms with Crippen molar-refractivity contribution in [2.75, 3.05) is 32.8 Å². The number of rotatable bonds is 1. The third-order valence-corrected chi connectivity index (χ3v) is 3.53. The van der Waals surface area contributed by atoms with E-state index in [-0.39, 0.29) is 24.4 Å². The molecule has 1 N–H and O–H groups in total. The second kappa shape index (κ2) is 7.19. The lowest BCUT2D eigenvalue weighted by atomic mass is 10.0. The summed E-state index contributed by atoms with van der Waals surface area (Å²) in [5.74, 6) is 0.935. The van der Waals surface area contributed by atoms with Crippen molar-refractivity contribution in [2.24, 2.45) is 5.92 Å². The van der Waals surface area contributed by atoms with Gasteiger partial charge in [-0.25, -0.2) is 0 Å². The average Bonchev–Trinajstić information content (AvgIpc) is 2.54. The molecule has 2 aliphatic rings. The Morgan fingerprint density at radius 1 is 1.35 bits per heavy atom. The van der Waals surface area contributed by atoms with Crippen molar-refractivity contribution < 1.29 is 9.53 Å². The first-order chi connectivity index (χ1) is 7.77. The molecule has 4 nitrogen and oxygen atoms in total. The zero-order valence-corrected chi connectivity index (χ0v) is 11.3. The smallest absolute Gasteiger partial charge is 0.253 e. The predicted octanol–water partition coefficient (Wildman–Crippen LogP) is 1.05. The van der Waals surface area contributed by atoms with Crippen LogP contribution in [0.1, 0.15) is 26.2 Å². The molecule has 2 rings (SSSR count). The van der Waals surface area contributed by atoms with Crippen LogP contribution in [0.5, 0.6) is 0 Å². The topological polar surface area (TPSA) is 41.6 Å². The fraction of sp³-hybridized carbons (Fsp3) is 0.917. The molecule has 2 heterocycles. The monoisotopic (exact) mass is 262 g/mol. The normalized spacial score (nSPS) is 30.3. The van der Waals surface area contributed by atoms with Gasteiger partial charge in [-0.15, -0.1) is 12.4 Å². The van der Waals surface area contributed by atoms with Gasteiger partial charge in [0.15, 0.2) is 0 Å². The first kappa shape index (κ1) is 14.7. The zero-order chi connectivity index (χ0) is 11.4. The third kappa shape index (κ3) is 4.12. The Kier molecular flexibility index (Phi) is 6.23. The molecule has 2 saturated heterocycles. The van der Waals surface area contributed by atoms with Gasteiger partial charge in [-0.3, -0.25) is 4.79 Å². The minimum absolute atomic E-state index is 0. The van der Waals surface area contributed by atoms with Gasteiger partial charge in [-0.1, -0.05) is 6.92 Å². The van der Waals surface area contributed by atoms with Crippen molar-refractivity contribution >= 4 is 18.3 Å². The minimum atomic E-state index is -0.248. The van der Waals surface area contributed by atoms with E-state index in [2.05, 4.69) is 12.2 Å². The van der Waals surface area contributed by atoms with Crippen molar-refractivity contribution in [1.82, 2.24) is 10.2 Å². The number of carbonyl (C=O) groups excluding carboxylic acids is 1. The maximum Gasteiger partial charge on any atom is 0.253 e. The highest BCUT2D eigenvalue weighted by molar-refractivity contribution is 5.85. The Bertz CT molecular complexity index is 245.